The Morgan fingerprint density at radius 3 is 2.93 bits per heavy atom. The summed E-state index contributed by atoms with van der Waals surface area (Å²) in [6.07, 6.45) is 2.21. The van der Waals surface area contributed by atoms with Gasteiger partial charge in [0.2, 0.25) is 11.8 Å². The number of hydrogen-bond acceptors (Lipinski definition) is 6. The molecule has 4 rings (SSSR count). The van der Waals surface area contributed by atoms with Gasteiger partial charge in [-0.2, -0.15) is 14.8 Å². The number of hydrogen-bond donors (Lipinski definition) is 1. The Morgan fingerprint density at radius 2 is 2.14 bits per heavy atom. The van der Waals surface area contributed by atoms with Crippen molar-refractivity contribution in [2.75, 3.05) is 26.2 Å². The Kier molecular flexibility index (Phi) is 5.11. The molecule has 0 spiro atoms. The lowest BCUT2D eigenvalue weighted by molar-refractivity contribution is 0.0749. The van der Waals surface area contributed by atoms with E-state index in [0.29, 0.717) is 38.0 Å². The van der Waals surface area contributed by atoms with E-state index in [-0.39, 0.29) is 17.5 Å². The summed E-state index contributed by atoms with van der Waals surface area (Å²) in [4.78, 5) is 25.2. The molecule has 1 aliphatic rings. The molecule has 0 aliphatic carbocycles. The van der Waals surface area contributed by atoms with Crippen molar-refractivity contribution in [1.29, 1.82) is 0 Å². The smallest absolute Gasteiger partial charge is 0.293 e. The maximum atomic E-state index is 13.4. The Hall–Kier alpha value is -3.14. The first-order valence-electron chi connectivity index (χ1n) is 9.15. The highest BCUT2D eigenvalue weighted by atomic mass is 19.1. The molecule has 1 saturated heterocycles. The molecule has 0 saturated carbocycles. The maximum Gasteiger partial charge on any atom is 0.293 e. The van der Waals surface area contributed by atoms with Crippen LogP contribution in [0, 0.1) is 12.7 Å². The zero-order valence-electron chi connectivity index (χ0n) is 15.5. The Labute approximate surface area is 161 Å². The minimum absolute atomic E-state index is 0.146. The van der Waals surface area contributed by atoms with Gasteiger partial charge in [0, 0.05) is 32.7 Å². The van der Waals surface area contributed by atoms with Crippen LogP contribution in [0.25, 0.3) is 5.95 Å². The molecule has 1 N–H and O–H groups in total. The van der Waals surface area contributed by atoms with Gasteiger partial charge in [-0.05, 0) is 31.0 Å². The SMILES string of the molecule is Cc1nc(C(=O)N2CCCN(Cc3cccc(F)c3)CC2)nn1-c1ncn[nH]1. The lowest BCUT2D eigenvalue weighted by Gasteiger charge is -2.21. The maximum absolute atomic E-state index is 13.4. The molecular formula is C18H21FN8O. The van der Waals surface area contributed by atoms with E-state index in [1.807, 2.05) is 6.07 Å². The molecule has 1 amide bonds. The molecule has 2 aromatic heterocycles. The van der Waals surface area contributed by atoms with Crippen LogP contribution in [0.5, 0.6) is 0 Å². The second-order valence-corrected chi connectivity index (χ2v) is 6.76. The second-order valence-electron chi connectivity index (χ2n) is 6.76. The number of carbonyl (C=O) groups excluding carboxylic acids is 1. The van der Waals surface area contributed by atoms with Crippen LogP contribution in [0.1, 0.15) is 28.4 Å². The van der Waals surface area contributed by atoms with E-state index in [0.717, 1.165) is 18.5 Å². The first-order chi connectivity index (χ1) is 13.6. The van der Waals surface area contributed by atoms with Crippen LogP contribution in [-0.4, -0.2) is 71.8 Å². The standard InChI is InChI=1S/C18H21FN8O/c1-13-22-16(24-27(13)18-20-12-21-23-18)17(28)26-7-3-6-25(8-9-26)11-14-4-2-5-15(19)10-14/h2,4-5,10,12H,3,6-9,11H2,1H3,(H,20,21,23). The van der Waals surface area contributed by atoms with Gasteiger partial charge in [-0.1, -0.05) is 12.1 Å². The van der Waals surface area contributed by atoms with Gasteiger partial charge in [0.05, 0.1) is 0 Å². The van der Waals surface area contributed by atoms with Crippen LogP contribution in [0.4, 0.5) is 4.39 Å². The summed E-state index contributed by atoms with van der Waals surface area (Å²) in [5.74, 6) is 0.693. The molecule has 28 heavy (non-hydrogen) atoms. The second kappa shape index (κ2) is 7.85. The van der Waals surface area contributed by atoms with Gasteiger partial charge in [-0.15, -0.1) is 5.10 Å². The number of amides is 1. The molecule has 9 nitrogen and oxygen atoms in total. The molecule has 3 aromatic rings. The van der Waals surface area contributed by atoms with Crippen molar-refractivity contribution < 1.29 is 9.18 Å². The average molecular weight is 384 g/mol. The third-order valence-electron chi connectivity index (χ3n) is 4.73. The van der Waals surface area contributed by atoms with Crippen molar-refractivity contribution in [3.63, 3.8) is 0 Å². The molecule has 1 aromatic carbocycles. The minimum Gasteiger partial charge on any atom is -0.335 e. The summed E-state index contributed by atoms with van der Waals surface area (Å²) in [6, 6.07) is 6.63. The normalized spacial score (nSPS) is 15.6. The predicted molar refractivity (Wildman–Crippen MR) is 98.2 cm³/mol. The number of nitrogens with one attached hydrogen (secondary N) is 1. The zero-order chi connectivity index (χ0) is 19.5. The van der Waals surface area contributed by atoms with Gasteiger partial charge in [0.15, 0.2) is 0 Å². The number of carbonyl (C=O) groups is 1. The van der Waals surface area contributed by atoms with Gasteiger partial charge in [0.25, 0.3) is 5.91 Å². The van der Waals surface area contributed by atoms with Crippen LogP contribution in [0.3, 0.4) is 0 Å². The van der Waals surface area contributed by atoms with Crippen molar-refractivity contribution in [2.24, 2.45) is 0 Å². The minimum atomic E-state index is -0.229. The highest BCUT2D eigenvalue weighted by molar-refractivity contribution is 5.90. The van der Waals surface area contributed by atoms with E-state index >= 15 is 0 Å². The highest BCUT2D eigenvalue weighted by Gasteiger charge is 2.24. The topological polar surface area (TPSA) is 95.8 Å². The fraction of sp³-hybridized carbons (Fsp3) is 0.389. The summed E-state index contributed by atoms with van der Waals surface area (Å²) in [5, 5.41) is 10.8. The van der Waals surface area contributed by atoms with E-state index in [1.165, 1.54) is 17.1 Å². The number of H-pyrrole nitrogens is 1. The molecule has 10 heteroatoms. The van der Waals surface area contributed by atoms with Crippen molar-refractivity contribution in [1.82, 2.24) is 39.7 Å². The molecular weight excluding hydrogens is 363 g/mol. The average Bonchev–Trinajstić information content (AvgIpc) is 3.27. The van der Waals surface area contributed by atoms with Crippen molar-refractivity contribution >= 4 is 5.91 Å². The Bertz CT molecular complexity index is 954. The monoisotopic (exact) mass is 384 g/mol. The number of rotatable bonds is 4. The van der Waals surface area contributed by atoms with Crippen LogP contribution >= 0.6 is 0 Å². The third-order valence-corrected chi connectivity index (χ3v) is 4.73. The first kappa shape index (κ1) is 18.2. The number of nitrogens with zero attached hydrogens (tertiary/aromatic N) is 7. The lowest BCUT2D eigenvalue weighted by atomic mass is 10.2. The number of aromatic nitrogens is 6. The van der Waals surface area contributed by atoms with Crippen LogP contribution in [-0.2, 0) is 6.54 Å². The van der Waals surface area contributed by atoms with Gasteiger partial charge in [-0.25, -0.2) is 14.5 Å². The predicted octanol–water partition coefficient (Wildman–Crippen LogP) is 1.18. The van der Waals surface area contributed by atoms with Gasteiger partial charge in [-0.3, -0.25) is 9.69 Å². The Morgan fingerprint density at radius 1 is 1.25 bits per heavy atom. The summed E-state index contributed by atoms with van der Waals surface area (Å²) in [5.41, 5.74) is 0.933. The summed E-state index contributed by atoms with van der Waals surface area (Å²) in [7, 11) is 0. The molecule has 3 heterocycles. The summed E-state index contributed by atoms with van der Waals surface area (Å²) in [6.45, 7) is 5.19. The number of aromatic amines is 1. The molecule has 0 bridgehead atoms. The number of halogens is 1. The van der Waals surface area contributed by atoms with Crippen molar-refractivity contribution in [2.45, 2.75) is 19.9 Å². The van der Waals surface area contributed by atoms with E-state index in [4.69, 9.17) is 0 Å². The zero-order valence-corrected chi connectivity index (χ0v) is 15.5. The lowest BCUT2D eigenvalue weighted by Crippen LogP contribution is -2.35. The molecule has 0 atom stereocenters. The molecule has 146 valence electrons. The molecule has 1 aliphatic heterocycles. The van der Waals surface area contributed by atoms with Crippen LogP contribution in [0.15, 0.2) is 30.6 Å². The van der Waals surface area contributed by atoms with Gasteiger partial charge in [0.1, 0.15) is 18.0 Å². The molecule has 0 unspecified atom stereocenters. The van der Waals surface area contributed by atoms with Gasteiger partial charge >= 0.3 is 0 Å². The molecule has 0 radical (unpaired) electrons. The fourth-order valence-electron chi connectivity index (χ4n) is 3.35. The third kappa shape index (κ3) is 3.91. The Balaban J connectivity index is 1.41. The van der Waals surface area contributed by atoms with Crippen molar-refractivity contribution in [3.05, 3.63) is 53.6 Å². The summed E-state index contributed by atoms with van der Waals surface area (Å²) < 4.78 is 14.9. The largest absolute Gasteiger partial charge is 0.335 e. The van der Waals surface area contributed by atoms with E-state index in [9.17, 15) is 9.18 Å². The number of aryl methyl sites for hydroxylation is 1. The fourth-order valence-corrected chi connectivity index (χ4v) is 3.35. The quantitative estimate of drug-likeness (QED) is 0.726. The summed E-state index contributed by atoms with van der Waals surface area (Å²) >= 11 is 0. The van der Waals surface area contributed by atoms with E-state index in [2.05, 4.69) is 30.2 Å². The first-order valence-corrected chi connectivity index (χ1v) is 9.15. The van der Waals surface area contributed by atoms with Gasteiger partial charge < -0.3 is 4.90 Å². The van der Waals surface area contributed by atoms with Crippen molar-refractivity contribution in [3.8, 4) is 5.95 Å². The molecule has 1 fully saturated rings. The number of benzene rings is 1. The van der Waals surface area contributed by atoms with E-state index < -0.39 is 0 Å². The van der Waals surface area contributed by atoms with Crippen LogP contribution in [0.2, 0.25) is 0 Å². The van der Waals surface area contributed by atoms with Crippen LogP contribution < -0.4 is 0 Å². The highest BCUT2D eigenvalue weighted by Crippen LogP contribution is 2.12. The van der Waals surface area contributed by atoms with E-state index in [1.54, 1.807) is 24.0 Å².